The van der Waals surface area contributed by atoms with Crippen molar-refractivity contribution < 1.29 is 19.0 Å². The third-order valence-electron chi connectivity index (χ3n) is 6.37. The molecule has 0 saturated carbocycles. The SMILES string of the molecule is COc1ccc2nccc(C(F)CC[C@@H]3CCN(CC#Cc4ccncn4)C[C@@H]3C(=O)O)c2c1. The van der Waals surface area contributed by atoms with E-state index in [1.165, 1.54) is 6.33 Å². The van der Waals surface area contributed by atoms with Gasteiger partial charge in [0.15, 0.2) is 0 Å². The van der Waals surface area contributed by atoms with Crippen LogP contribution in [0, 0.1) is 23.7 Å². The summed E-state index contributed by atoms with van der Waals surface area (Å²) in [6, 6.07) is 8.84. The minimum absolute atomic E-state index is 0.0792. The lowest BCUT2D eigenvalue weighted by molar-refractivity contribution is -0.146. The number of hydrogen-bond donors (Lipinski definition) is 1. The van der Waals surface area contributed by atoms with Crippen molar-refractivity contribution >= 4 is 16.9 Å². The van der Waals surface area contributed by atoms with Gasteiger partial charge in [0.05, 0.1) is 25.1 Å². The van der Waals surface area contributed by atoms with Crippen molar-refractivity contribution in [3.05, 3.63) is 60.3 Å². The van der Waals surface area contributed by atoms with Gasteiger partial charge in [0.1, 0.15) is 23.9 Å². The average Bonchev–Trinajstić information content (AvgIpc) is 2.87. The molecule has 3 atom stereocenters. The molecule has 1 N–H and O–H groups in total. The van der Waals surface area contributed by atoms with Gasteiger partial charge >= 0.3 is 5.97 Å². The maximum Gasteiger partial charge on any atom is 0.308 e. The van der Waals surface area contributed by atoms with E-state index in [1.807, 2.05) is 11.0 Å². The number of aromatic nitrogens is 3. The molecule has 176 valence electrons. The Balaban J connectivity index is 1.38. The second-order valence-electron chi connectivity index (χ2n) is 8.45. The van der Waals surface area contributed by atoms with Crippen molar-refractivity contribution in [2.75, 3.05) is 26.7 Å². The molecule has 1 aromatic carbocycles. The van der Waals surface area contributed by atoms with Gasteiger partial charge in [-0.05, 0) is 73.5 Å². The normalized spacial score (nSPS) is 19.2. The van der Waals surface area contributed by atoms with Crippen LogP contribution in [0.4, 0.5) is 4.39 Å². The summed E-state index contributed by atoms with van der Waals surface area (Å²) in [4.78, 5) is 26.3. The lowest BCUT2D eigenvalue weighted by Crippen LogP contribution is -2.44. The van der Waals surface area contributed by atoms with Gasteiger partial charge in [-0.2, -0.15) is 0 Å². The van der Waals surface area contributed by atoms with Crippen molar-refractivity contribution in [3.63, 3.8) is 0 Å². The molecule has 0 spiro atoms. The highest BCUT2D eigenvalue weighted by atomic mass is 19.1. The second-order valence-corrected chi connectivity index (χ2v) is 8.45. The number of carboxylic acid groups (broad SMARTS) is 1. The predicted molar refractivity (Wildman–Crippen MR) is 126 cm³/mol. The molecule has 34 heavy (non-hydrogen) atoms. The molecule has 4 rings (SSSR count). The molecule has 1 saturated heterocycles. The minimum Gasteiger partial charge on any atom is -0.497 e. The van der Waals surface area contributed by atoms with Gasteiger partial charge in [-0.25, -0.2) is 14.4 Å². The van der Waals surface area contributed by atoms with Crippen molar-refractivity contribution in [2.45, 2.75) is 25.4 Å². The van der Waals surface area contributed by atoms with Crippen LogP contribution in [-0.4, -0.2) is 57.7 Å². The predicted octanol–water partition coefficient (Wildman–Crippen LogP) is 3.90. The Morgan fingerprint density at radius 3 is 2.94 bits per heavy atom. The molecule has 1 unspecified atom stereocenters. The van der Waals surface area contributed by atoms with E-state index < -0.39 is 18.1 Å². The number of pyridine rings is 1. The molecule has 2 aromatic heterocycles. The van der Waals surface area contributed by atoms with E-state index in [1.54, 1.807) is 43.8 Å². The molecule has 1 aliphatic heterocycles. The van der Waals surface area contributed by atoms with Gasteiger partial charge in [-0.15, -0.1) is 0 Å². The molecular formula is C26H27FN4O3. The number of carboxylic acids is 1. The first-order valence-electron chi connectivity index (χ1n) is 11.3. The number of benzene rings is 1. The second kappa shape index (κ2) is 11.0. The van der Waals surface area contributed by atoms with Gasteiger partial charge < -0.3 is 9.84 Å². The summed E-state index contributed by atoms with van der Waals surface area (Å²) in [6.07, 6.45) is 4.95. The Bertz CT molecular complexity index is 1190. The number of fused-ring (bicyclic) bond motifs is 1. The monoisotopic (exact) mass is 462 g/mol. The number of halogens is 1. The average molecular weight is 463 g/mol. The number of nitrogens with zero attached hydrogens (tertiary/aromatic N) is 4. The summed E-state index contributed by atoms with van der Waals surface area (Å²) in [5.41, 5.74) is 1.91. The number of carbonyl (C=O) groups is 1. The van der Waals surface area contributed by atoms with E-state index in [0.717, 1.165) is 11.9 Å². The molecule has 0 aliphatic carbocycles. The Kier molecular flexibility index (Phi) is 7.65. The first-order chi connectivity index (χ1) is 16.5. The van der Waals surface area contributed by atoms with Crippen LogP contribution in [0.1, 0.15) is 36.7 Å². The number of piperidine rings is 1. The summed E-state index contributed by atoms with van der Waals surface area (Å²) in [6.45, 7) is 1.61. The van der Waals surface area contributed by atoms with Crippen LogP contribution in [0.15, 0.2) is 49.1 Å². The number of ether oxygens (including phenoxy) is 1. The fourth-order valence-electron chi connectivity index (χ4n) is 4.51. The number of hydrogen-bond acceptors (Lipinski definition) is 6. The molecule has 0 bridgehead atoms. The molecule has 3 heterocycles. The van der Waals surface area contributed by atoms with E-state index in [-0.39, 0.29) is 12.3 Å². The molecule has 1 fully saturated rings. The van der Waals surface area contributed by atoms with E-state index in [9.17, 15) is 9.90 Å². The van der Waals surface area contributed by atoms with Crippen molar-refractivity contribution in [3.8, 4) is 17.6 Å². The summed E-state index contributed by atoms with van der Waals surface area (Å²) in [5, 5.41) is 10.5. The third kappa shape index (κ3) is 5.67. The van der Waals surface area contributed by atoms with E-state index in [0.29, 0.717) is 48.5 Å². The van der Waals surface area contributed by atoms with Crippen LogP contribution < -0.4 is 4.74 Å². The highest BCUT2D eigenvalue weighted by Crippen LogP contribution is 2.35. The van der Waals surface area contributed by atoms with Crippen LogP contribution in [-0.2, 0) is 4.79 Å². The highest BCUT2D eigenvalue weighted by Gasteiger charge is 2.34. The zero-order chi connectivity index (χ0) is 23.9. The number of likely N-dealkylation sites (tertiary alicyclic amines) is 1. The number of rotatable bonds is 7. The smallest absolute Gasteiger partial charge is 0.308 e. The molecule has 3 aromatic rings. The van der Waals surface area contributed by atoms with Crippen LogP contribution >= 0.6 is 0 Å². The van der Waals surface area contributed by atoms with E-state index in [4.69, 9.17) is 4.74 Å². The zero-order valence-electron chi connectivity index (χ0n) is 19.0. The maximum absolute atomic E-state index is 15.3. The van der Waals surface area contributed by atoms with Gasteiger partial charge in [0.2, 0.25) is 0 Å². The van der Waals surface area contributed by atoms with Crippen LogP contribution in [0.5, 0.6) is 5.75 Å². The van der Waals surface area contributed by atoms with Crippen LogP contribution in [0.25, 0.3) is 10.9 Å². The van der Waals surface area contributed by atoms with Gasteiger partial charge in [-0.3, -0.25) is 14.7 Å². The summed E-state index contributed by atoms with van der Waals surface area (Å²) >= 11 is 0. The highest BCUT2D eigenvalue weighted by molar-refractivity contribution is 5.83. The topological polar surface area (TPSA) is 88.4 Å². The summed E-state index contributed by atoms with van der Waals surface area (Å²) < 4.78 is 20.6. The minimum atomic E-state index is -1.20. The van der Waals surface area contributed by atoms with Gasteiger partial charge in [0, 0.05) is 24.3 Å². The van der Waals surface area contributed by atoms with Crippen molar-refractivity contribution in [1.29, 1.82) is 0 Å². The van der Waals surface area contributed by atoms with Crippen molar-refractivity contribution in [2.24, 2.45) is 11.8 Å². The van der Waals surface area contributed by atoms with Crippen molar-refractivity contribution in [1.82, 2.24) is 19.9 Å². The molecule has 8 heteroatoms. The number of aliphatic carboxylic acids is 1. The first-order valence-corrected chi connectivity index (χ1v) is 11.3. The Labute approximate surface area is 198 Å². The quantitative estimate of drug-likeness (QED) is 0.533. The standard InChI is InChI=1S/C26H27FN4O3/c1-34-20-5-7-25-22(15-20)21(9-12-29-25)24(27)6-4-18-10-14-31(16-23(18)26(32)33)13-2-3-19-8-11-28-17-30-19/h5,7-9,11-12,15,17-18,23-24H,4,6,10,13-14,16H2,1H3,(H,32,33)/t18-,23+,24?/m1/s1. The summed E-state index contributed by atoms with van der Waals surface area (Å²) in [5.74, 6) is 5.22. The lowest BCUT2D eigenvalue weighted by Gasteiger charge is -2.35. The molecule has 1 aliphatic rings. The van der Waals surface area contributed by atoms with Gasteiger partial charge in [0.25, 0.3) is 0 Å². The molecule has 0 amide bonds. The van der Waals surface area contributed by atoms with E-state index >= 15 is 4.39 Å². The van der Waals surface area contributed by atoms with Gasteiger partial charge in [-0.1, -0.05) is 5.92 Å². The fourth-order valence-corrected chi connectivity index (χ4v) is 4.51. The van der Waals surface area contributed by atoms with Crippen LogP contribution in [0.2, 0.25) is 0 Å². The van der Waals surface area contributed by atoms with E-state index in [2.05, 4.69) is 26.8 Å². The number of methoxy groups -OCH3 is 1. The first kappa shape index (κ1) is 23.6. The molecular weight excluding hydrogens is 435 g/mol. The molecule has 0 radical (unpaired) electrons. The Hall–Kier alpha value is -3.57. The number of alkyl halides is 1. The lowest BCUT2D eigenvalue weighted by atomic mass is 9.81. The third-order valence-corrected chi connectivity index (χ3v) is 6.37. The largest absolute Gasteiger partial charge is 0.497 e. The Morgan fingerprint density at radius 1 is 1.29 bits per heavy atom. The van der Waals surface area contributed by atoms with Crippen LogP contribution in [0.3, 0.4) is 0 Å². The fraction of sp³-hybridized carbons (Fsp3) is 0.385. The zero-order valence-corrected chi connectivity index (χ0v) is 19.0. The Morgan fingerprint density at radius 2 is 2.18 bits per heavy atom. The summed E-state index contributed by atoms with van der Waals surface area (Å²) in [7, 11) is 1.57. The molecule has 7 nitrogen and oxygen atoms in total. The maximum atomic E-state index is 15.3.